The molecule has 0 aliphatic rings. The van der Waals surface area contributed by atoms with Crippen molar-refractivity contribution in [1.82, 2.24) is 0 Å². The molecule has 0 fully saturated rings. The maximum absolute atomic E-state index is 7.38. The SMILES string of the molecule is [2H]C#Cc1c([2H])c([2H])c([2H])c([2H])c1[2H]. The number of terminal acetylenes is 1. The maximum atomic E-state index is 7.38. The van der Waals surface area contributed by atoms with Crippen molar-refractivity contribution >= 4 is 0 Å². The molecule has 0 spiro atoms. The highest BCUT2D eigenvalue weighted by Crippen LogP contribution is 1.92. The fraction of sp³-hybridized carbons (Fsp3) is 0. The lowest BCUT2D eigenvalue weighted by Crippen LogP contribution is -1.66. The van der Waals surface area contributed by atoms with Crippen LogP contribution in [0.25, 0.3) is 0 Å². The minimum Gasteiger partial charge on any atom is -0.115 e. The third-order valence-corrected chi connectivity index (χ3v) is 0.625. The molecule has 0 aliphatic carbocycles. The first-order chi connectivity index (χ1) is 6.50. The van der Waals surface area contributed by atoms with E-state index in [0.717, 1.165) is 0 Å². The van der Waals surface area contributed by atoms with E-state index in [1.165, 1.54) is 0 Å². The van der Waals surface area contributed by atoms with Crippen LogP contribution in [0.1, 0.15) is 13.8 Å². The Morgan fingerprint density at radius 2 is 2.25 bits per heavy atom. The Hall–Kier alpha value is -1.22. The highest BCUT2D eigenvalue weighted by molar-refractivity contribution is 5.30. The van der Waals surface area contributed by atoms with E-state index in [1.807, 2.05) is 0 Å². The summed E-state index contributed by atoms with van der Waals surface area (Å²) < 4.78 is 43.2. The highest BCUT2D eigenvalue weighted by Gasteiger charge is 1.76. The maximum Gasteiger partial charge on any atom is 0.124 e. The van der Waals surface area contributed by atoms with Crippen LogP contribution in [0.15, 0.2) is 30.2 Å². The second kappa shape index (κ2) is 2.18. The molecule has 0 nitrogen and oxygen atoms in total. The average molecular weight is 108 g/mol. The number of benzene rings is 1. The Morgan fingerprint density at radius 3 is 2.88 bits per heavy atom. The van der Waals surface area contributed by atoms with E-state index in [2.05, 4.69) is 5.92 Å². The zero-order chi connectivity index (χ0) is 10.9. The molecule has 0 radical (unpaired) electrons. The molecule has 0 bridgehead atoms. The van der Waals surface area contributed by atoms with Gasteiger partial charge in [0.25, 0.3) is 0 Å². The summed E-state index contributed by atoms with van der Waals surface area (Å²) in [6, 6.07) is -2.03. The molecule has 0 aliphatic heterocycles. The van der Waals surface area contributed by atoms with Crippen LogP contribution in [-0.4, -0.2) is 0 Å². The quantitative estimate of drug-likeness (QED) is 0.443. The summed E-state index contributed by atoms with van der Waals surface area (Å²) in [7, 11) is 0. The van der Waals surface area contributed by atoms with E-state index in [-0.39, 0.29) is 17.6 Å². The smallest absolute Gasteiger partial charge is 0.115 e. The Morgan fingerprint density at radius 1 is 1.50 bits per heavy atom. The molecule has 38 valence electrons. The molecule has 1 aromatic carbocycles. The predicted octanol–water partition coefficient (Wildman–Crippen LogP) is 1.67. The first-order valence-corrected chi connectivity index (χ1v) is 2.00. The highest BCUT2D eigenvalue weighted by atomic mass is 13.8. The predicted molar refractivity (Wildman–Crippen MR) is 34.4 cm³/mol. The second-order valence-corrected chi connectivity index (χ2v) is 1.12. The van der Waals surface area contributed by atoms with Crippen LogP contribution in [-0.2, 0) is 0 Å². The fourth-order valence-electron chi connectivity index (χ4n) is 0.312. The van der Waals surface area contributed by atoms with Gasteiger partial charge in [-0.2, -0.15) is 0 Å². The van der Waals surface area contributed by atoms with Crippen LogP contribution in [0.3, 0.4) is 0 Å². The van der Waals surface area contributed by atoms with Crippen molar-refractivity contribution in [3.05, 3.63) is 35.8 Å². The van der Waals surface area contributed by atoms with E-state index in [9.17, 15) is 0 Å². The van der Waals surface area contributed by atoms with Crippen molar-refractivity contribution < 1.29 is 8.22 Å². The monoisotopic (exact) mass is 108 g/mol. The van der Waals surface area contributed by atoms with Crippen molar-refractivity contribution in [2.24, 2.45) is 0 Å². The minimum atomic E-state index is -0.449. The molecule has 8 heavy (non-hydrogen) atoms. The Bertz CT molecular complexity index is 410. The summed E-state index contributed by atoms with van der Waals surface area (Å²) in [5.41, 5.74) is -0.133. The topological polar surface area (TPSA) is 0 Å². The van der Waals surface area contributed by atoms with Gasteiger partial charge in [-0.3, -0.25) is 0 Å². The molecule has 0 saturated carbocycles. The van der Waals surface area contributed by atoms with Gasteiger partial charge in [-0.15, -0.1) is 6.40 Å². The van der Waals surface area contributed by atoms with Crippen molar-refractivity contribution in [2.45, 2.75) is 0 Å². The van der Waals surface area contributed by atoms with E-state index in [0.29, 0.717) is 0 Å². The third-order valence-electron chi connectivity index (χ3n) is 0.625. The van der Waals surface area contributed by atoms with Crippen LogP contribution in [0.2, 0.25) is 0 Å². The number of rotatable bonds is 0. The van der Waals surface area contributed by atoms with Crippen molar-refractivity contribution in [3.8, 4) is 12.3 Å². The van der Waals surface area contributed by atoms with Crippen LogP contribution in [0.5, 0.6) is 0 Å². The lowest BCUT2D eigenvalue weighted by molar-refractivity contribution is 1.65. The van der Waals surface area contributed by atoms with Gasteiger partial charge in [0.15, 0.2) is 0 Å². The third kappa shape index (κ3) is 0.886. The summed E-state index contributed by atoms with van der Waals surface area (Å²) in [4.78, 5) is 0. The lowest BCUT2D eigenvalue weighted by atomic mass is 10.2. The van der Waals surface area contributed by atoms with Gasteiger partial charge < -0.3 is 0 Å². The average Bonchev–Trinajstić information content (AvgIpc) is 2.19. The minimum absolute atomic E-state index is 0.133. The van der Waals surface area contributed by atoms with E-state index < -0.39 is 18.1 Å². The normalized spacial score (nSPS) is 17.5. The number of hydrogen-bond acceptors (Lipinski definition) is 0. The Balaban J connectivity index is 3.65. The fourth-order valence-corrected chi connectivity index (χ4v) is 0.312. The molecule has 0 amide bonds. The standard InChI is InChI=1S/C8H6/c1-2-8-6-4-3-5-7-8/h1,3-7H/i1D,3D,4D,5D,6D,7D. The molecular formula is C8H6. The zero-order valence-electron chi connectivity index (χ0n) is 10.0. The molecule has 1 aromatic rings. The molecular weight excluding hydrogens is 96.1 g/mol. The van der Waals surface area contributed by atoms with Gasteiger partial charge in [-0.05, 0) is 12.1 Å². The van der Waals surface area contributed by atoms with Gasteiger partial charge in [-0.25, -0.2) is 0 Å². The van der Waals surface area contributed by atoms with Crippen LogP contribution in [0, 0.1) is 12.3 Å². The molecule has 0 N–H and O–H groups in total. The molecule has 1 rings (SSSR count). The van der Waals surface area contributed by atoms with E-state index in [1.54, 1.807) is 6.40 Å². The molecule has 0 heteroatoms. The van der Waals surface area contributed by atoms with Crippen LogP contribution < -0.4 is 0 Å². The second-order valence-electron chi connectivity index (χ2n) is 1.12. The van der Waals surface area contributed by atoms with Crippen molar-refractivity contribution in [1.29, 1.82) is 0 Å². The van der Waals surface area contributed by atoms with E-state index in [4.69, 9.17) is 8.22 Å². The van der Waals surface area contributed by atoms with Gasteiger partial charge in [0.1, 0.15) is 1.37 Å². The first kappa shape index (κ1) is 1.39. The lowest BCUT2D eigenvalue weighted by Gasteiger charge is -1.82. The van der Waals surface area contributed by atoms with Gasteiger partial charge in [-0.1, -0.05) is 24.0 Å². The van der Waals surface area contributed by atoms with Gasteiger partial charge >= 0.3 is 0 Å². The van der Waals surface area contributed by atoms with Gasteiger partial charge in [0.2, 0.25) is 0 Å². The van der Waals surface area contributed by atoms with Gasteiger partial charge in [0.05, 0.1) is 6.85 Å². The molecule has 0 heterocycles. The summed E-state index contributed by atoms with van der Waals surface area (Å²) in [5.74, 6) is 2.17. The van der Waals surface area contributed by atoms with E-state index >= 15 is 0 Å². The zero-order valence-corrected chi connectivity index (χ0v) is 4.00. The summed E-state index contributed by atoms with van der Waals surface area (Å²) in [5, 5.41) is 0. The van der Waals surface area contributed by atoms with Gasteiger partial charge in [0, 0.05) is 5.56 Å². The summed E-state index contributed by atoms with van der Waals surface area (Å²) in [6.07, 6.45) is 1.77. The first-order valence-electron chi connectivity index (χ1n) is 5.00. The van der Waals surface area contributed by atoms with Crippen molar-refractivity contribution in [2.75, 3.05) is 0 Å². The Kier molecular flexibility index (Phi) is 0.378. The summed E-state index contributed by atoms with van der Waals surface area (Å²) in [6.45, 7) is 0. The van der Waals surface area contributed by atoms with Crippen LogP contribution in [0.4, 0.5) is 0 Å². The molecule has 0 atom stereocenters. The molecule has 0 unspecified atom stereocenters. The summed E-state index contributed by atoms with van der Waals surface area (Å²) >= 11 is 0. The molecule has 0 saturated heterocycles. The van der Waals surface area contributed by atoms with Crippen LogP contribution >= 0.6 is 0 Å². The number of hydrogen-bond donors (Lipinski definition) is 0. The molecule has 0 aromatic heterocycles. The Labute approximate surface area is 57.6 Å². The van der Waals surface area contributed by atoms with Crippen molar-refractivity contribution in [3.63, 3.8) is 0 Å². The largest absolute Gasteiger partial charge is 0.124 e.